The van der Waals surface area contributed by atoms with Crippen LogP contribution in [0.4, 0.5) is 0 Å². The van der Waals surface area contributed by atoms with E-state index in [4.69, 9.17) is 0 Å². The zero-order valence-electron chi connectivity index (χ0n) is 15.7. The zero-order chi connectivity index (χ0) is 18.4. The maximum Gasteiger partial charge on any atom is 0.222 e. The molecule has 2 atom stereocenters. The normalized spacial score (nSPS) is 20.6. The van der Waals surface area contributed by atoms with Crippen LogP contribution in [0.1, 0.15) is 12.0 Å². The highest BCUT2D eigenvalue weighted by atomic mass is 16.1. The minimum atomic E-state index is 0.107. The number of hydrogen-bond donors (Lipinski definition) is 1. The Hall–Kier alpha value is -2.18. The number of carbonyl (C=O) groups excluding carboxylic acids is 1. The summed E-state index contributed by atoms with van der Waals surface area (Å²) in [6.07, 6.45) is 4.09. The number of likely N-dealkylation sites (tertiary alicyclic amines) is 1. The zero-order valence-corrected chi connectivity index (χ0v) is 15.7. The third-order valence-corrected chi connectivity index (χ3v) is 4.84. The highest BCUT2D eigenvalue weighted by molar-refractivity contribution is 5.76. The van der Waals surface area contributed by atoms with Crippen molar-refractivity contribution in [1.82, 2.24) is 24.9 Å². The van der Waals surface area contributed by atoms with E-state index in [1.54, 1.807) is 10.9 Å². The van der Waals surface area contributed by atoms with E-state index in [0.29, 0.717) is 18.9 Å². The second-order valence-electron chi connectivity index (χ2n) is 7.40. The van der Waals surface area contributed by atoms with Crippen molar-refractivity contribution in [2.75, 3.05) is 33.7 Å². The first-order valence-electron chi connectivity index (χ1n) is 9.28. The Morgan fingerprint density at radius 1 is 1.23 bits per heavy atom. The molecular weight excluding hydrogens is 326 g/mol. The summed E-state index contributed by atoms with van der Waals surface area (Å²) in [5.41, 5.74) is 1.32. The molecule has 6 heteroatoms. The minimum absolute atomic E-state index is 0.107. The number of aryl methyl sites for hydroxylation is 1. The first-order valence-corrected chi connectivity index (χ1v) is 9.28. The van der Waals surface area contributed by atoms with E-state index in [1.807, 2.05) is 18.3 Å². The van der Waals surface area contributed by atoms with Crippen LogP contribution in [0.2, 0.25) is 0 Å². The van der Waals surface area contributed by atoms with Crippen LogP contribution in [0.25, 0.3) is 0 Å². The fourth-order valence-electron chi connectivity index (χ4n) is 3.68. The van der Waals surface area contributed by atoms with Gasteiger partial charge in [0.2, 0.25) is 5.91 Å². The van der Waals surface area contributed by atoms with Crippen molar-refractivity contribution in [3.05, 3.63) is 54.4 Å². The van der Waals surface area contributed by atoms with E-state index < -0.39 is 0 Å². The molecule has 1 aliphatic rings. The third-order valence-electron chi connectivity index (χ3n) is 4.84. The molecule has 3 rings (SSSR count). The summed E-state index contributed by atoms with van der Waals surface area (Å²) >= 11 is 0. The van der Waals surface area contributed by atoms with Crippen LogP contribution in [0.3, 0.4) is 0 Å². The number of benzene rings is 1. The molecule has 2 aromatic rings. The quantitative estimate of drug-likeness (QED) is 0.779. The molecule has 0 bridgehead atoms. The molecule has 0 radical (unpaired) electrons. The number of rotatable bonds is 8. The van der Waals surface area contributed by atoms with Crippen LogP contribution in [0.15, 0.2) is 48.8 Å². The third kappa shape index (κ3) is 5.41. The van der Waals surface area contributed by atoms with Gasteiger partial charge in [0.1, 0.15) is 0 Å². The SMILES string of the molecule is CN(C)C[C@@H]1CN(Cc2ccccc2)C[C@H]1NC(=O)CCn1cccn1. The molecule has 0 spiro atoms. The van der Waals surface area contributed by atoms with Crippen molar-refractivity contribution in [3.8, 4) is 0 Å². The molecule has 2 heterocycles. The molecule has 1 amide bonds. The van der Waals surface area contributed by atoms with Crippen LogP contribution in [-0.2, 0) is 17.9 Å². The topological polar surface area (TPSA) is 53.4 Å². The van der Waals surface area contributed by atoms with E-state index in [1.165, 1.54) is 5.56 Å². The molecule has 140 valence electrons. The number of nitrogens with zero attached hydrogens (tertiary/aromatic N) is 4. The summed E-state index contributed by atoms with van der Waals surface area (Å²) in [6.45, 7) is 4.45. The van der Waals surface area contributed by atoms with E-state index in [2.05, 4.69) is 58.6 Å². The van der Waals surface area contributed by atoms with Gasteiger partial charge < -0.3 is 10.2 Å². The van der Waals surface area contributed by atoms with Gasteiger partial charge in [-0.3, -0.25) is 14.4 Å². The molecule has 0 saturated carbocycles. The van der Waals surface area contributed by atoms with Gasteiger partial charge in [-0.25, -0.2) is 0 Å². The minimum Gasteiger partial charge on any atom is -0.352 e. The highest BCUT2D eigenvalue weighted by Gasteiger charge is 2.33. The second-order valence-corrected chi connectivity index (χ2v) is 7.40. The van der Waals surface area contributed by atoms with Gasteiger partial charge in [0.25, 0.3) is 0 Å². The Bertz CT molecular complexity index is 671. The second kappa shape index (κ2) is 8.96. The van der Waals surface area contributed by atoms with Crippen LogP contribution in [-0.4, -0.2) is 65.3 Å². The van der Waals surface area contributed by atoms with E-state index in [0.717, 1.165) is 26.2 Å². The summed E-state index contributed by atoms with van der Waals surface area (Å²) in [5.74, 6) is 0.554. The monoisotopic (exact) mass is 355 g/mol. The molecule has 1 saturated heterocycles. The standard InChI is InChI=1S/C20H29N5O/c1-23(2)14-18-15-24(13-17-7-4-3-5-8-17)16-19(18)22-20(26)9-12-25-11-6-10-21-25/h3-8,10-11,18-19H,9,12-16H2,1-2H3,(H,22,26)/t18-,19-/m1/s1. The number of nitrogens with one attached hydrogen (secondary N) is 1. The van der Waals surface area contributed by atoms with Crippen molar-refractivity contribution < 1.29 is 4.79 Å². The van der Waals surface area contributed by atoms with Gasteiger partial charge in [0.15, 0.2) is 0 Å². The van der Waals surface area contributed by atoms with Crippen molar-refractivity contribution in [2.24, 2.45) is 5.92 Å². The van der Waals surface area contributed by atoms with Gasteiger partial charge in [-0.2, -0.15) is 5.10 Å². The lowest BCUT2D eigenvalue weighted by Crippen LogP contribution is -2.43. The number of aromatic nitrogens is 2. The predicted molar refractivity (Wildman–Crippen MR) is 103 cm³/mol. The van der Waals surface area contributed by atoms with Crippen LogP contribution >= 0.6 is 0 Å². The van der Waals surface area contributed by atoms with Gasteiger partial charge in [0.05, 0.1) is 0 Å². The van der Waals surface area contributed by atoms with Crippen molar-refractivity contribution in [1.29, 1.82) is 0 Å². The summed E-state index contributed by atoms with van der Waals surface area (Å²) in [7, 11) is 4.19. The van der Waals surface area contributed by atoms with Crippen LogP contribution in [0.5, 0.6) is 0 Å². The van der Waals surface area contributed by atoms with Gasteiger partial charge >= 0.3 is 0 Å². The molecule has 1 N–H and O–H groups in total. The molecular formula is C20H29N5O. The molecule has 1 aromatic carbocycles. The Morgan fingerprint density at radius 2 is 2.04 bits per heavy atom. The largest absolute Gasteiger partial charge is 0.352 e. The number of amides is 1. The Morgan fingerprint density at radius 3 is 2.73 bits per heavy atom. The Kier molecular flexibility index (Phi) is 6.41. The molecule has 0 unspecified atom stereocenters. The Balaban J connectivity index is 1.55. The fourth-order valence-corrected chi connectivity index (χ4v) is 3.68. The predicted octanol–water partition coefficient (Wildman–Crippen LogP) is 1.45. The van der Waals surface area contributed by atoms with Crippen LogP contribution in [0, 0.1) is 5.92 Å². The number of carbonyl (C=O) groups is 1. The molecule has 0 aliphatic carbocycles. The van der Waals surface area contributed by atoms with Crippen LogP contribution < -0.4 is 5.32 Å². The summed E-state index contributed by atoms with van der Waals surface area (Å²) in [4.78, 5) is 17.1. The van der Waals surface area contributed by atoms with Gasteiger partial charge in [0, 0.05) is 63.5 Å². The molecule has 1 aliphatic heterocycles. The van der Waals surface area contributed by atoms with Crippen molar-refractivity contribution in [2.45, 2.75) is 25.6 Å². The van der Waals surface area contributed by atoms with E-state index in [-0.39, 0.29) is 11.9 Å². The molecule has 26 heavy (non-hydrogen) atoms. The van der Waals surface area contributed by atoms with Gasteiger partial charge in [-0.05, 0) is 25.7 Å². The summed E-state index contributed by atoms with van der Waals surface area (Å²) in [6, 6.07) is 12.6. The van der Waals surface area contributed by atoms with Gasteiger partial charge in [-0.15, -0.1) is 0 Å². The Labute approximate surface area is 155 Å². The lowest BCUT2D eigenvalue weighted by atomic mass is 10.0. The fraction of sp³-hybridized carbons (Fsp3) is 0.500. The maximum absolute atomic E-state index is 12.4. The van der Waals surface area contributed by atoms with Gasteiger partial charge in [-0.1, -0.05) is 30.3 Å². The number of hydrogen-bond acceptors (Lipinski definition) is 4. The summed E-state index contributed by atoms with van der Waals surface area (Å²) < 4.78 is 1.80. The van der Waals surface area contributed by atoms with E-state index in [9.17, 15) is 4.79 Å². The average molecular weight is 355 g/mol. The van der Waals surface area contributed by atoms with Crippen molar-refractivity contribution >= 4 is 5.91 Å². The molecule has 6 nitrogen and oxygen atoms in total. The first-order chi connectivity index (χ1) is 12.6. The molecule has 1 fully saturated rings. The smallest absolute Gasteiger partial charge is 0.222 e. The highest BCUT2D eigenvalue weighted by Crippen LogP contribution is 2.20. The maximum atomic E-state index is 12.4. The first kappa shape index (κ1) is 18.6. The summed E-state index contributed by atoms with van der Waals surface area (Å²) in [5, 5.41) is 7.42. The molecule has 1 aromatic heterocycles. The van der Waals surface area contributed by atoms with Crippen molar-refractivity contribution in [3.63, 3.8) is 0 Å². The lowest BCUT2D eigenvalue weighted by Gasteiger charge is -2.23. The lowest BCUT2D eigenvalue weighted by molar-refractivity contribution is -0.122. The van der Waals surface area contributed by atoms with E-state index >= 15 is 0 Å². The average Bonchev–Trinajstić information content (AvgIpc) is 3.24.